The molecule has 4 atom stereocenters. The Morgan fingerprint density at radius 2 is 1.94 bits per heavy atom. The summed E-state index contributed by atoms with van der Waals surface area (Å²) in [7, 11) is 0. The van der Waals surface area contributed by atoms with Gasteiger partial charge in [-0.2, -0.15) is 23.1 Å². The van der Waals surface area contributed by atoms with E-state index >= 15 is 22.0 Å². The number of anilines is 1. The van der Waals surface area contributed by atoms with E-state index in [-0.39, 0.29) is 59.0 Å². The zero-order valence-corrected chi connectivity index (χ0v) is 26.0. The molecular weight excluding hydrogens is 635 g/mol. The van der Waals surface area contributed by atoms with Crippen molar-refractivity contribution in [3.63, 3.8) is 0 Å². The highest BCUT2D eigenvalue weighted by molar-refractivity contribution is 5.96. The van der Waals surface area contributed by atoms with Crippen LogP contribution in [0.5, 0.6) is 11.8 Å². The Balaban J connectivity index is 1.39. The molecule has 2 aromatic heterocycles. The van der Waals surface area contributed by atoms with Crippen LogP contribution in [0.2, 0.25) is 0 Å². The van der Waals surface area contributed by atoms with Crippen LogP contribution in [0.1, 0.15) is 54.4 Å². The van der Waals surface area contributed by atoms with E-state index in [0.29, 0.717) is 30.6 Å². The molecule has 0 amide bonds. The molecule has 9 nitrogen and oxygen atoms in total. The van der Waals surface area contributed by atoms with Crippen molar-refractivity contribution in [3.8, 4) is 17.4 Å². The SMILES string of the molecule is [2H]C([2H])(Oc1nc(N2C[C@H]3CC[C@@H](C2)N3)c2cc(C(F)(F)F)n(-c3cc(O)cc4ccc(F)c(CC)c34)c(=O)c2n1)[C@@]12CCCN1C[C@]([2H])(F)C2. The molecule has 0 saturated carbocycles. The molecule has 2 aromatic carbocycles. The molecule has 4 aromatic rings. The summed E-state index contributed by atoms with van der Waals surface area (Å²) in [5.41, 5.74) is -5.14. The van der Waals surface area contributed by atoms with Gasteiger partial charge in [0.15, 0.2) is 0 Å². The van der Waals surface area contributed by atoms with Crippen molar-refractivity contribution in [1.29, 1.82) is 0 Å². The Kier molecular flexibility index (Phi) is 6.54. The zero-order chi connectivity index (χ0) is 36.2. The lowest BCUT2D eigenvalue weighted by atomic mass is 9.95. The molecule has 4 fully saturated rings. The van der Waals surface area contributed by atoms with Crippen molar-refractivity contribution in [2.24, 2.45) is 0 Å². The van der Waals surface area contributed by atoms with Crippen molar-refractivity contribution in [3.05, 3.63) is 57.8 Å². The van der Waals surface area contributed by atoms with Crippen molar-refractivity contribution < 1.29 is 35.9 Å². The number of hydrogen-bond acceptors (Lipinski definition) is 8. The number of alkyl halides is 4. The fraction of sp³-hybridized carbons (Fsp3) is 0.500. The molecule has 48 heavy (non-hydrogen) atoms. The first-order valence-corrected chi connectivity index (χ1v) is 16.1. The number of pyridine rings is 1. The van der Waals surface area contributed by atoms with Gasteiger partial charge in [0.05, 0.1) is 20.7 Å². The number of nitrogens with one attached hydrogen (secondary N) is 1. The highest BCUT2D eigenvalue weighted by atomic mass is 19.4. The smallest absolute Gasteiger partial charge is 0.431 e. The van der Waals surface area contributed by atoms with E-state index in [9.17, 15) is 9.90 Å². The molecule has 4 saturated heterocycles. The molecule has 2 bridgehead atoms. The second kappa shape index (κ2) is 11.3. The number of phenols is 1. The summed E-state index contributed by atoms with van der Waals surface area (Å²) >= 11 is 0. The minimum atomic E-state index is -5.13. The molecule has 6 heterocycles. The first-order valence-electron chi connectivity index (χ1n) is 17.6. The van der Waals surface area contributed by atoms with E-state index in [1.54, 1.807) is 11.8 Å². The Morgan fingerprint density at radius 3 is 2.67 bits per heavy atom. The van der Waals surface area contributed by atoms with Crippen molar-refractivity contribution in [2.45, 2.75) is 75.4 Å². The number of aromatic nitrogens is 3. The van der Waals surface area contributed by atoms with Gasteiger partial charge in [-0.3, -0.25) is 14.3 Å². The third-order valence-electron chi connectivity index (χ3n) is 10.2. The second-order valence-electron chi connectivity index (χ2n) is 13.2. The Morgan fingerprint density at radius 1 is 1.17 bits per heavy atom. The summed E-state index contributed by atoms with van der Waals surface area (Å²) in [4.78, 5) is 26.6. The molecule has 4 aliphatic rings. The maximum atomic E-state index is 15.1. The first-order chi connectivity index (χ1) is 24.0. The van der Waals surface area contributed by atoms with Crippen LogP contribution in [0.25, 0.3) is 27.4 Å². The zero-order valence-electron chi connectivity index (χ0n) is 29.0. The van der Waals surface area contributed by atoms with Crippen LogP contribution < -0.4 is 20.5 Å². The number of benzene rings is 2. The predicted molar refractivity (Wildman–Crippen MR) is 169 cm³/mol. The molecule has 0 aliphatic carbocycles. The summed E-state index contributed by atoms with van der Waals surface area (Å²) in [6.07, 6.45) is -5.66. The van der Waals surface area contributed by atoms with E-state index in [1.807, 2.05) is 0 Å². The highest BCUT2D eigenvalue weighted by Crippen LogP contribution is 2.42. The van der Waals surface area contributed by atoms with Gasteiger partial charge in [-0.25, -0.2) is 8.78 Å². The number of halogens is 5. The van der Waals surface area contributed by atoms with Crippen LogP contribution in [0, 0.1) is 5.82 Å². The van der Waals surface area contributed by atoms with E-state index in [0.717, 1.165) is 31.0 Å². The number of hydrogen-bond donors (Lipinski definition) is 2. The quantitative estimate of drug-likeness (QED) is 0.268. The number of rotatable bonds is 6. The third-order valence-corrected chi connectivity index (χ3v) is 10.2. The van der Waals surface area contributed by atoms with E-state index < -0.39 is 70.9 Å². The van der Waals surface area contributed by atoms with Crippen LogP contribution in [0.4, 0.5) is 27.8 Å². The predicted octanol–water partition coefficient (Wildman–Crippen LogP) is 5.26. The summed E-state index contributed by atoms with van der Waals surface area (Å²) in [5, 5.41) is 14.0. The standard InChI is InChI=1S/C34H35F5N6O3/c1-2-23-25(36)7-4-18-10-22(46)11-26(28(18)23)45-27(34(37,38)39)12-24-29(31(45)47)41-32(42-30(24)43-15-20-5-6-21(16-43)40-20)48-17-33-8-3-9-44(33)14-19(35)13-33/h4,7,10-12,19-21,40,46H,2-3,5-6,8-9,13-17H2,1H3/t19-,20-,21+,33+/m1/s1/i17D2,19D. The number of fused-ring (bicyclic) bond motifs is 5. The second-order valence-corrected chi connectivity index (χ2v) is 13.2. The highest BCUT2D eigenvalue weighted by Gasteiger charge is 2.49. The number of piperazine rings is 1. The Bertz CT molecular complexity index is 2140. The van der Waals surface area contributed by atoms with Gasteiger partial charge in [-0.15, -0.1) is 0 Å². The fourth-order valence-electron chi connectivity index (χ4n) is 8.09. The minimum Gasteiger partial charge on any atom is -0.508 e. The van der Waals surface area contributed by atoms with Gasteiger partial charge in [0, 0.05) is 49.6 Å². The molecule has 0 spiro atoms. The molecule has 0 unspecified atom stereocenters. The summed E-state index contributed by atoms with van der Waals surface area (Å²) in [6, 6.07) is 4.77. The molecule has 8 rings (SSSR count). The van der Waals surface area contributed by atoms with Gasteiger partial charge in [-0.1, -0.05) is 13.0 Å². The van der Waals surface area contributed by atoms with Gasteiger partial charge in [0.1, 0.15) is 41.3 Å². The van der Waals surface area contributed by atoms with Crippen molar-refractivity contribution in [1.82, 2.24) is 24.8 Å². The van der Waals surface area contributed by atoms with Gasteiger partial charge >= 0.3 is 12.2 Å². The Hall–Kier alpha value is -4.04. The lowest BCUT2D eigenvalue weighted by Gasteiger charge is -2.35. The monoisotopic (exact) mass is 673 g/mol. The van der Waals surface area contributed by atoms with Gasteiger partial charge < -0.3 is 20.1 Å². The van der Waals surface area contributed by atoms with Crippen LogP contribution >= 0.6 is 0 Å². The van der Waals surface area contributed by atoms with E-state index in [2.05, 4.69) is 15.3 Å². The van der Waals surface area contributed by atoms with Crippen molar-refractivity contribution >= 4 is 27.5 Å². The lowest BCUT2D eigenvalue weighted by molar-refractivity contribution is -0.142. The number of nitrogens with zero attached hydrogens (tertiary/aromatic N) is 5. The van der Waals surface area contributed by atoms with Crippen LogP contribution in [0.15, 0.2) is 35.1 Å². The maximum absolute atomic E-state index is 15.1. The van der Waals surface area contributed by atoms with Crippen LogP contribution in [-0.2, 0) is 12.6 Å². The topological polar surface area (TPSA) is 95.8 Å². The molecule has 2 N–H and O–H groups in total. The maximum Gasteiger partial charge on any atom is 0.431 e. The number of aryl methyl sites for hydroxylation is 1. The summed E-state index contributed by atoms with van der Waals surface area (Å²) in [5.74, 6) is -1.22. The van der Waals surface area contributed by atoms with Gasteiger partial charge in [-0.05, 0) is 67.8 Å². The summed E-state index contributed by atoms with van der Waals surface area (Å²) < 4.78 is 108. The van der Waals surface area contributed by atoms with Crippen molar-refractivity contribution in [2.75, 3.05) is 37.6 Å². The van der Waals surface area contributed by atoms with Crippen LogP contribution in [-0.4, -0.2) is 81.0 Å². The van der Waals surface area contributed by atoms with Crippen LogP contribution in [0.3, 0.4) is 0 Å². The molecule has 0 radical (unpaired) electrons. The third kappa shape index (κ3) is 5.06. The largest absolute Gasteiger partial charge is 0.508 e. The Labute approximate surface area is 276 Å². The average molecular weight is 674 g/mol. The first kappa shape index (κ1) is 27.9. The molecule has 4 aliphatic heterocycles. The van der Waals surface area contributed by atoms with E-state index in [1.165, 1.54) is 17.0 Å². The lowest BCUT2D eigenvalue weighted by Crippen LogP contribution is -2.51. The molecule has 254 valence electrons. The summed E-state index contributed by atoms with van der Waals surface area (Å²) in [6.45, 7) is -0.390. The minimum absolute atomic E-state index is 0.00484. The fourth-order valence-corrected chi connectivity index (χ4v) is 8.09. The van der Waals surface area contributed by atoms with Gasteiger partial charge in [0.25, 0.3) is 5.56 Å². The van der Waals surface area contributed by atoms with E-state index in [4.69, 9.17) is 8.85 Å². The van der Waals surface area contributed by atoms with Gasteiger partial charge in [0.2, 0.25) is 0 Å². The number of phenolic OH excluding ortho intramolecular Hbond substituents is 1. The molecule has 14 heteroatoms. The molecular formula is C34H35F5N6O3. The average Bonchev–Trinajstić information content (AvgIpc) is 3.69. The number of ether oxygens (including phenoxy) is 1. The normalized spacial score (nSPS) is 28.5. The number of aromatic hydroxyl groups is 1.